The molecule has 2 saturated carbocycles. The third-order valence-corrected chi connectivity index (χ3v) is 24.5. The average molecular weight is 1760 g/mol. The Morgan fingerprint density at radius 3 is 1.15 bits per heavy atom. The summed E-state index contributed by atoms with van der Waals surface area (Å²) in [6.45, 7) is 15.5. The van der Waals surface area contributed by atoms with Crippen molar-refractivity contribution >= 4 is 115 Å². The molecule has 0 saturated heterocycles. The van der Waals surface area contributed by atoms with Gasteiger partial charge in [0.2, 0.25) is 20.0 Å². The Kier molecular flexibility index (Phi) is 28.3. The van der Waals surface area contributed by atoms with Crippen molar-refractivity contribution in [2.24, 2.45) is 0 Å². The Bertz CT molecular complexity index is 6870. The lowest BCUT2D eigenvalue weighted by Gasteiger charge is -2.30. The summed E-state index contributed by atoms with van der Waals surface area (Å²) in [7, 11) is -3.40. The quantitative estimate of drug-likeness (QED) is 0.0277. The molecule has 127 heavy (non-hydrogen) atoms. The van der Waals surface area contributed by atoms with Crippen LogP contribution in [0.1, 0.15) is 120 Å². The standard InChI is InChI=1S/C23H25N3O3S.C22H23N3O3S.C19H18ClN3O.2C17H16N4O/c1-3-29-19-12-13-20-21(15-24)23(26(22(20)14-19)18-6-5-7-18)16-8-10-17(11-9-16)25-30(27,28)4-2;1-3-28-18-11-12-19-20(14-23)22(25(21(19)13-18)17-5-4-6-17)15-7-9-16(10-8-15)24-29(2,26)27;1-2-23-18-11-15(24-10-9-20)7-8-16(18)17(12-21)19(23)13-3-5-14(22)6-4-13;1-3-21-15-8-12(22-2)5-6-13(15)14(9-18)17(21)11-4-7-16(19)20-10-11;1-3-21-16-8-12(22-2)5-6-13(16)14(9-18)17(21)15-7-4-11(19)10-20-15/h8-14,18,25H,3-7H2,1-2H3;7-13,17,24H,3-6H2,1-2H3;3-8,11H,2,9-10,22H2,1H3;4-8,10H,3H2,1-2H3,(H2,19,20);4-8,10H,3,19H2,1-2H3. The number of nitrogens with zero attached hydrogens (tertiary/aromatic N) is 12. The maximum atomic E-state index is 11.8. The van der Waals surface area contributed by atoms with Crippen LogP contribution in [0, 0.1) is 56.7 Å². The van der Waals surface area contributed by atoms with E-state index < -0.39 is 20.0 Å². The summed E-state index contributed by atoms with van der Waals surface area (Å²) in [4.78, 5) is 8.52. The number of halogens is 1. The van der Waals surface area contributed by atoms with Crippen LogP contribution in [0.5, 0.6) is 28.7 Å². The average Bonchev–Trinajstić information content (AvgIpc) is 1.59. The van der Waals surface area contributed by atoms with Crippen molar-refractivity contribution in [3.05, 3.63) is 228 Å². The summed E-state index contributed by atoms with van der Waals surface area (Å²) in [5, 5.41) is 53.5. The highest BCUT2D eigenvalue weighted by molar-refractivity contribution is 7.92. The topological polar surface area (TPSA) is 386 Å². The molecule has 0 atom stereocenters. The van der Waals surface area contributed by atoms with Crippen molar-refractivity contribution < 1.29 is 40.5 Å². The second-order valence-electron chi connectivity index (χ2n) is 30.1. The number of nitrogen functional groups attached to an aromatic ring is 3. The van der Waals surface area contributed by atoms with E-state index in [9.17, 15) is 43.1 Å². The van der Waals surface area contributed by atoms with Gasteiger partial charge in [-0.05, 0) is 218 Å². The van der Waals surface area contributed by atoms with Gasteiger partial charge >= 0.3 is 0 Å². The van der Waals surface area contributed by atoms with Crippen LogP contribution in [-0.4, -0.2) is 102 Å². The lowest BCUT2D eigenvalue weighted by molar-refractivity contribution is 0.322. The lowest BCUT2D eigenvalue weighted by atomic mass is 9.92. The minimum Gasteiger partial charge on any atom is -0.497 e. The van der Waals surface area contributed by atoms with Gasteiger partial charge < -0.3 is 63.7 Å². The first-order valence-corrected chi connectivity index (χ1v) is 45.9. The van der Waals surface area contributed by atoms with Crippen LogP contribution >= 0.6 is 11.6 Å². The minimum absolute atomic E-state index is 0.0193. The number of hydrogen-bond donors (Lipinski definition) is 5. The number of nitriles is 5. The molecule has 17 rings (SSSR count). The molecule has 0 aliphatic heterocycles. The van der Waals surface area contributed by atoms with E-state index >= 15 is 0 Å². The van der Waals surface area contributed by atoms with Gasteiger partial charge in [-0.3, -0.25) is 14.4 Å². The predicted molar refractivity (Wildman–Crippen MR) is 505 cm³/mol. The maximum absolute atomic E-state index is 11.8. The van der Waals surface area contributed by atoms with Crippen LogP contribution < -0.4 is 50.3 Å². The van der Waals surface area contributed by atoms with Gasteiger partial charge in [-0.1, -0.05) is 36.4 Å². The van der Waals surface area contributed by atoms with E-state index in [2.05, 4.69) is 79.5 Å². The molecule has 2 aliphatic carbocycles. The van der Waals surface area contributed by atoms with E-state index in [-0.39, 0.29) is 5.75 Å². The number of alkyl halides is 1. The molecule has 7 aromatic heterocycles. The van der Waals surface area contributed by atoms with Crippen LogP contribution in [-0.2, 0) is 39.7 Å². The van der Waals surface area contributed by atoms with E-state index in [4.69, 9.17) is 52.5 Å². The fourth-order valence-corrected chi connectivity index (χ4v) is 17.5. The largest absolute Gasteiger partial charge is 0.497 e. The SMILES string of the molecule is CCOc1ccc2c(C#N)c(-c3ccc(NS(=O)(=O)CC)cc3)n(C3CCC3)c2c1.CCOc1ccc2c(C#N)c(-c3ccc(NS(C)(=O)=O)cc3)n(C3CCC3)c2c1.CCn1c(-c2ccc(N)cc2)c(C#N)c2ccc(OCCCl)cc21.CCn1c(-c2ccc(N)cn2)c(C#N)c2ccc(OC)cc21.CCn1c(-c2ccc(N)nc2)c(C#N)c2ccc(OC)cc21. The number of aromatic nitrogens is 7. The molecule has 2 aliphatic rings. The van der Waals surface area contributed by atoms with Gasteiger partial charge in [-0.2, -0.15) is 26.3 Å². The number of benzene rings is 8. The number of sulfonamides is 2. The fraction of sp³-hybridized carbons (Fsp3) is 0.255. The molecule has 8 aromatic carbocycles. The second kappa shape index (κ2) is 39.9. The van der Waals surface area contributed by atoms with Crippen LogP contribution in [0.4, 0.5) is 28.6 Å². The Hall–Kier alpha value is -14.6. The van der Waals surface area contributed by atoms with Gasteiger partial charge in [0.05, 0.1) is 147 Å². The molecular formula is C98H98ClN17O9S2. The first kappa shape index (κ1) is 90.1. The first-order valence-electron chi connectivity index (χ1n) is 41.8. The number of ether oxygens (including phenoxy) is 5. The van der Waals surface area contributed by atoms with E-state index in [0.717, 1.165) is 191 Å². The molecule has 15 aromatic rings. The van der Waals surface area contributed by atoms with Gasteiger partial charge in [0, 0.05) is 118 Å². The third-order valence-electron chi connectivity index (χ3n) is 22.4. The lowest BCUT2D eigenvalue weighted by Crippen LogP contribution is -2.18. The number of nitrogens with two attached hydrogens (primary N) is 3. The van der Waals surface area contributed by atoms with Crippen molar-refractivity contribution in [2.75, 3.05) is 78.6 Å². The Morgan fingerprint density at radius 2 is 0.780 bits per heavy atom. The molecule has 2 fully saturated rings. The first-order chi connectivity index (χ1) is 61.4. The van der Waals surface area contributed by atoms with Gasteiger partial charge in [0.1, 0.15) is 71.5 Å². The Labute approximate surface area is 743 Å². The van der Waals surface area contributed by atoms with E-state index in [0.29, 0.717) is 94.2 Å². The monoisotopic (exact) mass is 1760 g/mol. The summed E-state index contributed by atoms with van der Waals surface area (Å²) < 4.78 is 90.1. The number of methoxy groups -OCH3 is 2. The second-order valence-corrected chi connectivity index (χ2v) is 34.3. The highest BCUT2D eigenvalue weighted by Gasteiger charge is 2.31. The zero-order valence-electron chi connectivity index (χ0n) is 72.1. The van der Waals surface area contributed by atoms with Gasteiger partial charge in [0.15, 0.2) is 0 Å². The van der Waals surface area contributed by atoms with E-state index in [1.807, 2.05) is 179 Å². The summed E-state index contributed by atoms with van der Waals surface area (Å²) >= 11 is 5.69. The molecule has 8 N–H and O–H groups in total. The third kappa shape index (κ3) is 19.2. The molecule has 0 spiro atoms. The summed E-state index contributed by atoms with van der Waals surface area (Å²) in [5.74, 6) is 4.79. The van der Waals surface area contributed by atoms with Crippen LogP contribution in [0.3, 0.4) is 0 Å². The highest BCUT2D eigenvalue weighted by Crippen LogP contribution is 2.47. The van der Waals surface area contributed by atoms with E-state index in [1.54, 1.807) is 69.9 Å². The fourth-order valence-electron chi connectivity index (χ4n) is 16.2. The molecular weight excluding hydrogens is 1660 g/mol. The molecule has 7 heterocycles. The smallest absolute Gasteiger partial charge is 0.232 e. The molecule has 0 bridgehead atoms. The number of rotatable bonds is 24. The molecule has 0 unspecified atom stereocenters. The zero-order valence-corrected chi connectivity index (χ0v) is 74.5. The minimum atomic E-state index is -3.34. The van der Waals surface area contributed by atoms with Crippen LogP contribution in [0.2, 0.25) is 0 Å². The maximum Gasteiger partial charge on any atom is 0.232 e. The normalized spacial score (nSPS) is 12.4. The summed E-state index contributed by atoms with van der Waals surface area (Å²) in [5.41, 5.74) is 36.3. The van der Waals surface area contributed by atoms with Crippen LogP contribution in [0.15, 0.2) is 200 Å². The number of hydrogen-bond acceptors (Lipinski definition) is 19. The highest BCUT2D eigenvalue weighted by atomic mass is 35.5. The Balaban J connectivity index is 0.000000137. The Morgan fingerprint density at radius 1 is 0.417 bits per heavy atom. The van der Waals surface area contributed by atoms with Gasteiger partial charge in [-0.15, -0.1) is 11.6 Å². The van der Waals surface area contributed by atoms with Gasteiger partial charge in [-0.25, -0.2) is 21.8 Å². The number of anilines is 5. The van der Waals surface area contributed by atoms with Crippen molar-refractivity contribution in [1.29, 1.82) is 26.3 Å². The number of fused-ring (bicyclic) bond motifs is 5. The molecule has 0 amide bonds. The molecule has 26 nitrogen and oxygen atoms in total. The summed E-state index contributed by atoms with van der Waals surface area (Å²) in [6.07, 6.45) is 11.1. The van der Waals surface area contributed by atoms with E-state index in [1.165, 1.54) is 12.8 Å². The molecule has 29 heteroatoms. The molecule has 648 valence electrons. The van der Waals surface area contributed by atoms with Crippen molar-refractivity contribution in [3.63, 3.8) is 0 Å². The van der Waals surface area contributed by atoms with Crippen molar-refractivity contribution in [3.8, 4) is 116 Å². The summed E-state index contributed by atoms with van der Waals surface area (Å²) in [6, 6.07) is 70.8. The number of aryl methyl sites for hydroxylation is 3. The molecule has 0 radical (unpaired) electrons. The predicted octanol–water partition coefficient (Wildman–Crippen LogP) is 20.5. The zero-order chi connectivity index (χ0) is 90.4. The number of pyridine rings is 2. The van der Waals surface area contributed by atoms with Crippen LogP contribution in [0.25, 0.3) is 111 Å². The van der Waals surface area contributed by atoms with Crippen molar-refractivity contribution in [1.82, 2.24) is 32.8 Å². The van der Waals surface area contributed by atoms with Gasteiger partial charge in [0.25, 0.3) is 0 Å². The number of nitrogens with one attached hydrogen (secondary N) is 2. The van der Waals surface area contributed by atoms with Crippen molar-refractivity contribution in [2.45, 2.75) is 112 Å².